The summed E-state index contributed by atoms with van der Waals surface area (Å²) in [6.45, 7) is 6.62. The Morgan fingerprint density at radius 3 is 2.81 bits per heavy atom. The molecule has 1 aromatic rings. The second-order valence-electron chi connectivity index (χ2n) is 3.76. The second kappa shape index (κ2) is 6.81. The summed E-state index contributed by atoms with van der Waals surface area (Å²) in [6, 6.07) is 5.93. The molecular formula is C13H20O2S. The number of hydrogen-bond acceptors (Lipinski definition) is 3. The average Bonchev–Trinajstić information content (AvgIpc) is 2.26. The largest absolute Gasteiger partial charge is 0.492 e. The third-order valence-corrected chi connectivity index (χ3v) is 3.17. The molecule has 1 rings (SSSR count). The van der Waals surface area contributed by atoms with Crippen LogP contribution in [-0.2, 0) is 0 Å². The van der Waals surface area contributed by atoms with E-state index in [0.29, 0.717) is 6.61 Å². The lowest BCUT2D eigenvalue weighted by Gasteiger charge is -2.14. The molecule has 16 heavy (non-hydrogen) atoms. The summed E-state index contributed by atoms with van der Waals surface area (Å²) in [7, 11) is 0. The molecule has 0 saturated carbocycles. The highest BCUT2D eigenvalue weighted by Crippen LogP contribution is 2.26. The van der Waals surface area contributed by atoms with Gasteiger partial charge in [0.05, 0.1) is 12.7 Å². The van der Waals surface area contributed by atoms with Gasteiger partial charge in [-0.3, -0.25) is 0 Å². The maximum absolute atomic E-state index is 9.65. The smallest absolute Gasteiger partial charge is 0.125 e. The lowest BCUT2D eigenvalue weighted by Crippen LogP contribution is -2.04. The summed E-state index contributed by atoms with van der Waals surface area (Å²) in [5.74, 6) is 2.90. The summed E-state index contributed by atoms with van der Waals surface area (Å²) in [6.07, 6.45) is -0.478. The number of thioether (sulfide) groups is 1. The van der Waals surface area contributed by atoms with Gasteiger partial charge in [-0.1, -0.05) is 18.6 Å². The van der Waals surface area contributed by atoms with E-state index >= 15 is 0 Å². The SMILES string of the molecule is CCSCCOc1ccc(C)cc1[C@@H](C)O. The Balaban J connectivity index is 2.64. The van der Waals surface area contributed by atoms with E-state index in [1.54, 1.807) is 6.92 Å². The van der Waals surface area contributed by atoms with Crippen molar-refractivity contribution < 1.29 is 9.84 Å². The van der Waals surface area contributed by atoms with Crippen molar-refractivity contribution in [3.05, 3.63) is 29.3 Å². The maximum atomic E-state index is 9.65. The van der Waals surface area contributed by atoms with Crippen molar-refractivity contribution in [1.29, 1.82) is 0 Å². The molecule has 3 heteroatoms. The summed E-state index contributed by atoms with van der Waals surface area (Å²) in [5.41, 5.74) is 2.02. The number of hydrogen-bond donors (Lipinski definition) is 1. The molecule has 0 fully saturated rings. The van der Waals surface area contributed by atoms with Gasteiger partial charge < -0.3 is 9.84 Å². The number of rotatable bonds is 6. The quantitative estimate of drug-likeness (QED) is 0.774. The van der Waals surface area contributed by atoms with Crippen LogP contribution < -0.4 is 4.74 Å². The van der Waals surface area contributed by atoms with Crippen LogP contribution in [0.15, 0.2) is 18.2 Å². The van der Waals surface area contributed by atoms with E-state index in [1.165, 1.54) is 0 Å². The highest BCUT2D eigenvalue weighted by molar-refractivity contribution is 7.99. The normalized spacial score (nSPS) is 12.5. The third kappa shape index (κ3) is 4.06. The Morgan fingerprint density at radius 2 is 2.19 bits per heavy atom. The van der Waals surface area contributed by atoms with Gasteiger partial charge in [0.2, 0.25) is 0 Å². The number of aryl methyl sites for hydroxylation is 1. The number of aliphatic hydroxyl groups is 1. The topological polar surface area (TPSA) is 29.5 Å². The van der Waals surface area contributed by atoms with Crippen LogP contribution in [0.25, 0.3) is 0 Å². The molecule has 0 heterocycles. The first kappa shape index (κ1) is 13.4. The molecule has 0 amide bonds. The fourth-order valence-corrected chi connectivity index (χ4v) is 1.97. The molecule has 0 saturated heterocycles. The van der Waals surface area contributed by atoms with Crippen molar-refractivity contribution in [2.75, 3.05) is 18.1 Å². The predicted molar refractivity (Wildman–Crippen MR) is 70.3 cm³/mol. The standard InChI is InChI=1S/C13H20O2S/c1-4-16-8-7-15-13-6-5-10(2)9-12(13)11(3)14/h5-6,9,11,14H,4,7-8H2,1-3H3/t11-/m1/s1. The number of ether oxygens (including phenoxy) is 1. The molecule has 1 aromatic carbocycles. The van der Waals surface area contributed by atoms with Crippen LogP contribution in [0.3, 0.4) is 0 Å². The van der Waals surface area contributed by atoms with Crippen LogP contribution in [-0.4, -0.2) is 23.2 Å². The zero-order valence-corrected chi connectivity index (χ0v) is 11.0. The molecule has 1 N–H and O–H groups in total. The molecule has 0 aliphatic heterocycles. The van der Waals surface area contributed by atoms with Crippen molar-refractivity contribution >= 4 is 11.8 Å². The predicted octanol–water partition coefficient (Wildman–Crippen LogP) is 3.18. The van der Waals surface area contributed by atoms with Gasteiger partial charge in [0.25, 0.3) is 0 Å². The Bertz CT molecular complexity index is 324. The van der Waals surface area contributed by atoms with Gasteiger partial charge in [-0.25, -0.2) is 0 Å². The molecule has 0 aliphatic carbocycles. The van der Waals surface area contributed by atoms with Crippen molar-refractivity contribution in [2.45, 2.75) is 26.9 Å². The molecule has 2 nitrogen and oxygen atoms in total. The molecule has 0 spiro atoms. The second-order valence-corrected chi connectivity index (χ2v) is 5.16. The van der Waals surface area contributed by atoms with Gasteiger partial charge in [-0.05, 0) is 31.7 Å². The molecule has 90 valence electrons. The van der Waals surface area contributed by atoms with E-state index in [0.717, 1.165) is 28.4 Å². The first-order valence-electron chi connectivity index (χ1n) is 5.64. The van der Waals surface area contributed by atoms with E-state index in [4.69, 9.17) is 4.74 Å². The van der Waals surface area contributed by atoms with Crippen LogP contribution in [0.4, 0.5) is 0 Å². The maximum Gasteiger partial charge on any atom is 0.125 e. The van der Waals surface area contributed by atoms with E-state index in [2.05, 4.69) is 6.92 Å². The Kier molecular flexibility index (Phi) is 5.71. The molecule has 1 atom stereocenters. The van der Waals surface area contributed by atoms with Crippen molar-refractivity contribution in [1.82, 2.24) is 0 Å². The zero-order valence-electron chi connectivity index (χ0n) is 10.2. The van der Waals surface area contributed by atoms with E-state index in [-0.39, 0.29) is 0 Å². The lowest BCUT2D eigenvalue weighted by atomic mass is 10.1. The van der Waals surface area contributed by atoms with Gasteiger partial charge in [0, 0.05) is 11.3 Å². The summed E-state index contributed by atoms with van der Waals surface area (Å²) >= 11 is 1.86. The summed E-state index contributed by atoms with van der Waals surface area (Å²) < 4.78 is 5.67. The molecule has 0 radical (unpaired) electrons. The summed E-state index contributed by atoms with van der Waals surface area (Å²) in [4.78, 5) is 0. The number of aliphatic hydroxyl groups excluding tert-OH is 1. The van der Waals surface area contributed by atoms with Crippen LogP contribution in [0, 0.1) is 6.92 Å². The molecule has 0 bridgehead atoms. The monoisotopic (exact) mass is 240 g/mol. The molecule has 0 unspecified atom stereocenters. The minimum Gasteiger partial charge on any atom is -0.492 e. The molecular weight excluding hydrogens is 220 g/mol. The molecule has 0 aromatic heterocycles. The zero-order chi connectivity index (χ0) is 12.0. The van der Waals surface area contributed by atoms with Gasteiger partial charge >= 0.3 is 0 Å². The minimum atomic E-state index is -0.478. The van der Waals surface area contributed by atoms with Crippen LogP contribution in [0.1, 0.15) is 31.1 Å². The Labute approximate surface area is 102 Å². The Morgan fingerprint density at radius 1 is 1.44 bits per heavy atom. The van der Waals surface area contributed by atoms with Gasteiger partial charge in [0.1, 0.15) is 5.75 Å². The minimum absolute atomic E-state index is 0.478. The van der Waals surface area contributed by atoms with Crippen molar-refractivity contribution in [2.24, 2.45) is 0 Å². The molecule has 0 aliphatic rings. The number of benzene rings is 1. The van der Waals surface area contributed by atoms with Crippen LogP contribution in [0.2, 0.25) is 0 Å². The summed E-state index contributed by atoms with van der Waals surface area (Å²) in [5, 5.41) is 9.65. The Hall–Kier alpha value is -0.670. The fraction of sp³-hybridized carbons (Fsp3) is 0.538. The van der Waals surface area contributed by atoms with Crippen molar-refractivity contribution in [3.63, 3.8) is 0 Å². The first-order valence-corrected chi connectivity index (χ1v) is 6.79. The highest BCUT2D eigenvalue weighted by atomic mass is 32.2. The van der Waals surface area contributed by atoms with Gasteiger partial charge in [-0.15, -0.1) is 0 Å². The highest BCUT2D eigenvalue weighted by Gasteiger charge is 2.09. The van der Waals surface area contributed by atoms with E-state index in [9.17, 15) is 5.11 Å². The van der Waals surface area contributed by atoms with Gasteiger partial charge in [-0.2, -0.15) is 11.8 Å². The van der Waals surface area contributed by atoms with Crippen molar-refractivity contribution in [3.8, 4) is 5.75 Å². The van der Waals surface area contributed by atoms with E-state index < -0.39 is 6.10 Å². The van der Waals surface area contributed by atoms with E-state index in [1.807, 2.05) is 36.9 Å². The average molecular weight is 240 g/mol. The fourth-order valence-electron chi connectivity index (χ4n) is 1.48. The first-order chi connectivity index (χ1) is 7.65. The van der Waals surface area contributed by atoms with Crippen LogP contribution in [0.5, 0.6) is 5.75 Å². The lowest BCUT2D eigenvalue weighted by molar-refractivity contribution is 0.192. The van der Waals surface area contributed by atoms with Gasteiger partial charge in [0.15, 0.2) is 0 Å². The van der Waals surface area contributed by atoms with Crippen LogP contribution >= 0.6 is 11.8 Å². The third-order valence-electron chi connectivity index (χ3n) is 2.30.